The number of nitro groups is 1. The largest absolute Gasteiger partial charge is 0.351 e. The maximum atomic E-state index is 11.2. The first-order valence-corrected chi connectivity index (χ1v) is 5.21. The fraction of sp³-hybridized carbons (Fsp3) is 0.300. The molecule has 1 aromatic carbocycles. The molecule has 6 heteroatoms. The van der Waals surface area contributed by atoms with Crippen LogP contribution in [0.25, 0.3) is 0 Å². The Labute approximate surface area is 98.4 Å². The quantitative estimate of drug-likeness (QED) is 0.476. The summed E-state index contributed by atoms with van der Waals surface area (Å²) in [5, 5.41) is 12.7. The standard InChI is InChI=1S/C10H12N2O3S/c1-7(16)10(13)11-6-8-2-4-9(5-3-8)12(14)15/h2-5,7,16H,6H2,1H3,(H,11,13). The van der Waals surface area contributed by atoms with E-state index >= 15 is 0 Å². The predicted molar refractivity (Wildman–Crippen MR) is 63.4 cm³/mol. The number of nitrogens with one attached hydrogen (secondary N) is 1. The molecule has 0 bridgehead atoms. The second kappa shape index (κ2) is 5.50. The van der Waals surface area contributed by atoms with Crippen LogP contribution in [0.1, 0.15) is 12.5 Å². The molecule has 0 spiro atoms. The molecule has 16 heavy (non-hydrogen) atoms. The van der Waals surface area contributed by atoms with E-state index in [1.54, 1.807) is 19.1 Å². The molecule has 0 saturated heterocycles. The van der Waals surface area contributed by atoms with Crippen LogP contribution in [0, 0.1) is 10.1 Å². The predicted octanol–water partition coefficient (Wildman–Crippen LogP) is 1.53. The lowest BCUT2D eigenvalue weighted by atomic mass is 10.2. The van der Waals surface area contributed by atoms with Gasteiger partial charge in [-0.3, -0.25) is 14.9 Å². The topological polar surface area (TPSA) is 72.2 Å². The highest BCUT2D eigenvalue weighted by molar-refractivity contribution is 7.81. The molecule has 0 aliphatic heterocycles. The summed E-state index contributed by atoms with van der Waals surface area (Å²) in [5.41, 5.74) is 0.852. The van der Waals surface area contributed by atoms with E-state index in [-0.39, 0.29) is 16.8 Å². The van der Waals surface area contributed by atoms with Crippen molar-refractivity contribution in [2.45, 2.75) is 18.7 Å². The van der Waals surface area contributed by atoms with Crippen molar-refractivity contribution >= 4 is 24.2 Å². The maximum absolute atomic E-state index is 11.2. The first kappa shape index (κ1) is 12.5. The van der Waals surface area contributed by atoms with Crippen LogP contribution in [-0.2, 0) is 11.3 Å². The van der Waals surface area contributed by atoms with Gasteiger partial charge in [-0.25, -0.2) is 0 Å². The SMILES string of the molecule is CC(S)C(=O)NCc1ccc([N+](=O)[O-])cc1. The Morgan fingerprint density at radius 2 is 2.06 bits per heavy atom. The summed E-state index contributed by atoms with van der Waals surface area (Å²) < 4.78 is 0. The molecule has 5 nitrogen and oxygen atoms in total. The van der Waals surface area contributed by atoms with E-state index < -0.39 is 4.92 Å². The molecule has 0 radical (unpaired) electrons. The minimum Gasteiger partial charge on any atom is -0.351 e. The zero-order chi connectivity index (χ0) is 12.1. The van der Waals surface area contributed by atoms with Gasteiger partial charge >= 0.3 is 0 Å². The van der Waals surface area contributed by atoms with Crippen molar-refractivity contribution in [3.63, 3.8) is 0 Å². The van der Waals surface area contributed by atoms with Crippen LogP contribution in [0.3, 0.4) is 0 Å². The van der Waals surface area contributed by atoms with Gasteiger partial charge in [-0.15, -0.1) is 0 Å². The first-order valence-electron chi connectivity index (χ1n) is 4.70. The molecular weight excluding hydrogens is 228 g/mol. The van der Waals surface area contributed by atoms with Crippen molar-refractivity contribution in [3.05, 3.63) is 39.9 Å². The number of non-ortho nitro benzene ring substituents is 1. The van der Waals surface area contributed by atoms with Gasteiger partial charge in [0.05, 0.1) is 10.2 Å². The summed E-state index contributed by atoms with van der Waals surface area (Å²) in [6.45, 7) is 2.02. The molecule has 0 saturated carbocycles. The van der Waals surface area contributed by atoms with E-state index in [0.717, 1.165) is 5.56 Å². The fourth-order valence-electron chi connectivity index (χ4n) is 1.07. The van der Waals surface area contributed by atoms with E-state index in [0.29, 0.717) is 6.54 Å². The smallest absolute Gasteiger partial charge is 0.269 e. The van der Waals surface area contributed by atoms with Gasteiger partial charge in [0.25, 0.3) is 5.69 Å². The summed E-state index contributed by atoms with van der Waals surface area (Å²) in [6.07, 6.45) is 0. The zero-order valence-corrected chi connectivity index (χ0v) is 9.61. The number of carbonyl (C=O) groups is 1. The maximum Gasteiger partial charge on any atom is 0.269 e. The van der Waals surface area contributed by atoms with Crippen LogP contribution in [0.15, 0.2) is 24.3 Å². The zero-order valence-electron chi connectivity index (χ0n) is 8.71. The van der Waals surface area contributed by atoms with Gasteiger partial charge in [0, 0.05) is 18.7 Å². The number of nitrogens with zero attached hydrogens (tertiary/aromatic N) is 1. The Balaban J connectivity index is 2.56. The molecule has 0 fully saturated rings. The highest BCUT2D eigenvalue weighted by Gasteiger charge is 2.07. The van der Waals surface area contributed by atoms with Crippen LogP contribution >= 0.6 is 12.6 Å². The lowest BCUT2D eigenvalue weighted by Crippen LogP contribution is -2.29. The monoisotopic (exact) mass is 240 g/mol. The van der Waals surface area contributed by atoms with Gasteiger partial charge in [-0.05, 0) is 12.5 Å². The third-order valence-corrected chi connectivity index (χ3v) is 2.23. The molecule has 0 aliphatic carbocycles. The normalized spacial score (nSPS) is 11.9. The van der Waals surface area contributed by atoms with Crippen molar-refractivity contribution in [2.24, 2.45) is 0 Å². The minimum absolute atomic E-state index is 0.0395. The Morgan fingerprint density at radius 1 is 1.50 bits per heavy atom. The lowest BCUT2D eigenvalue weighted by molar-refractivity contribution is -0.384. The van der Waals surface area contributed by atoms with E-state index in [1.165, 1.54) is 12.1 Å². The summed E-state index contributed by atoms with van der Waals surface area (Å²) in [5.74, 6) is -0.165. The summed E-state index contributed by atoms with van der Waals surface area (Å²) in [6, 6.07) is 6.04. The molecule has 1 aromatic rings. The second-order valence-corrected chi connectivity index (χ2v) is 4.09. The number of thiol groups is 1. The number of rotatable bonds is 4. The fourth-order valence-corrected chi connectivity index (χ4v) is 1.16. The van der Waals surface area contributed by atoms with E-state index in [2.05, 4.69) is 17.9 Å². The van der Waals surface area contributed by atoms with Crippen LogP contribution < -0.4 is 5.32 Å². The molecule has 86 valence electrons. The first-order chi connectivity index (χ1) is 7.50. The number of carbonyl (C=O) groups excluding carboxylic acids is 1. The van der Waals surface area contributed by atoms with Crippen molar-refractivity contribution in [1.82, 2.24) is 5.32 Å². The van der Waals surface area contributed by atoms with Crippen molar-refractivity contribution < 1.29 is 9.72 Å². The van der Waals surface area contributed by atoms with Crippen molar-refractivity contribution in [3.8, 4) is 0 Å². The Morgan fingerprint density at radius 3 is 2.50 bits per heavy atom. The van der Waals surface area contributed by atoms with Gasteiger partial charge in [-0.2, -0.15) is 12.6 Å². The molecule has 1 unspecified atom stereocenters. The summed E-state index contributed by atoms with van der Waals surface area (Å²) in [7, 11) is 0. The van der Waals surface area contributed by atoms with Crippen molar-refractivity contribution in [1.29, 1.82) is 0 Å². The summed E-state index contributed by atoms with van der Waals surface area (Å²) >= 11 is 3.98. The number of nitro benzene ring substituents is 1. The van der Waals surface area contributed by atoms with Crippen LogP contribution in [0.2, 0.25) is 0 Å². The Hall–Kier alpha value is -1.56. The van der Waals surface area contributed by atoms with Gasteiger partial charge < -0.3 is 5.32 Å². The van der Waals surface area contributed by atoms with E-state index in [9.17, 15) is 14.9 Å². The van der Waals surface area contributed by atoms with Crippen LogP contribution in [0.5, 0.6) is 0 Å². The average molecular weight is 240 g/mol. The molecule has 1 N–H and O–H groups in total. The molecule has 0 aliphatic rings. The molecule has 1 rings (SSSR count). The minimum atomic E-state index is -0.460. The molecule has 1 amide bonds. The number of benzene rings is 1. The third kappa shape index (κ3) is 3.54. The number of hydrogen-bond acceptors (Lipinski definition) is 4. The molecule has 1 atom stereocenters. The Kier molecular flexibility index (Phi) is 4.30. The van der Waals surface area contributed by atoms with Gasteiger partial charge in [0.1, 0.15) is 0 Å². The lowest BCUT2D eigenvalue weighted by Gasteiger charge is -2.06. The van der Waals surface area contributed by atoms with Crippen LogP contribution in [0.4, 0.5) is 5.69 Å². The van der Waals surface area contributed by atoms with Gasteiger partial charge in [-0.1, -0.05) is 12.1 Å². The highest BCUT2D eigenvalue weighted by atomic mass is 32.1. The second-order valence-electron chi connectivity index (χ2n) is 3.32. The van der Waals surface area contributed by atoms with Gasteiger partial charge in [0.15, 0.2) is 0 Å². The van der Waals surface area contributed by atoms with E-state index in [4.69, 9.17) is 0 Å². The molecule has 0 aromatic heterocycles. The number of hydrogen-bond donors (Lipinski definition) is 2. The highest BCUT2D eigenvalue weighted by Crippen LogP contribution is 2.11. The number of amides is 1. The summed E-state index contributed by atoms with van der Waals surface area (Å²) in [4.78, 5) is 21.1. The van der Waals surface area contributed by atoms with E-state index in [1.807, 2.05) is 0 Å². The van der Waals surface area contributed by atoms with Crippen molar-refractivity contribution in [2.75, 3.05) is 0 Å². The van der Waals surface area contributed by atoms with Crippen LogP contribution in [-0.4, -0.2) is 16.1 Å². The average Bonchev–Trinajstić information content (AvgIpc) is 2.26. The third-order valence-electron chi connectivity index (χ3n) is 1.99. The van der Waals surface area contributed by atoms with Gasteiger partial charge in [0.2, 0.25) is 5.91 Å². The molecular formula is C10H12N2O3S. The Bertz CT molecular complexity index is 390. The molecule has 0 heterocycles.